The van der Waals surface area contributed by atoms with E-state index in [1.807, 2.05) is 36.8 Å². The topological polar surface area (TPSA) is 42.2 Å². The van der Waals surface area contributed by atoms with Crippen molar-refractivity contribution in [3.8, 4) is 11.1 Å². The van der Waals surface area contributed by atoms with Crippen LogP contribution in [0.1, 0.15) is 0 Å². The maximum absolute atomic E-state index is 4.80. The Morgan fingerprint density at radius 1 is 0.731 bits per heavy atom. The average molecular weight is 336 g/mol. The molecule has 0 saturated carbocycles. The maximum Gasteiger partial charge on any atom is 0.157 e. The lowest BCUT2D eigenvalue weighted by atomic mass is 10.1. The lowest BCUT2D eigenvalue weighted by Crippen LogP contribution is -1.99. The summed E-state index contributed by atoms with van der Waals surface area (Å²) < 4.78 is 2.06. The number of hydrogen-bond acceptors (Lipinski definition) is 3. The number of imidazole rings is 1. The molecule has 5 aromatic rings. The zero-order chi connectivity index (χ0) is 17.3. The van der Waals surface area contributed by atoms with Gasteiger partial charge in [-0.15, -0.1) is 0 Å². The number of nitrogens with one attached hydrogen (secondary N) is 1. The third-order valence-corrected chi connectivity index (χ3v) is 4.49. The fraction of sp³-hybridized carbons (Fsp3) is 0. The van der Waals surface area contributed by atoms with Gasteiger partial charge in [0.05, 0.1) is 23.6 Å². The minimum absolute atomic E-state index is 0.798. The van der Waals surface area contributed by atoms with Gasteiger partial charge in [0.1, 0.15) is 5.52 Å². The summed E-state index contributed by atoms with van der Waals surface area (Å²) in [7, 11) is 0. The molecule has 0 fully saturated rings. The monoisotopic (exact) mass is 336 g/mol. The van der Waals surface area contributed by atoms with Crippen LogP contribution in [0.3, 0.4) is 0 Å². The van der Waals surface area contributed by atoms with Crippen LogP contribution in [-0.2, 0) is 0 Å². The number of aromatic nitrogens is 3. The highest BCUT2D eigenvalue weighted by molar-refractivity contribution is 5.86. The Bertz CT molecular complexity index is 1210. The Balaban J connectivity index is 1.60. The van der Waals surface area contributed by atoms with Crippen LogP contribution in [-0.4, -0.2) is 14.4 Å². The molecule has 0 radical (unpaired) electrons. The first-order chi connectivity index (χ1) is 12.9. The smallest absolute Gasteiger partial charge is 0.157 e. The van der Waals surface area contributed by atoms with E-state index in [4.69, 9.17) is 4.98 Å². The third-order valence-electron chi connectivity index (χ3n) is 4.49. The largest absolute Gasteiger partial charge is 0.338 e. The number of nitrogens with zero attached hydrogens (tertiary/aromatic N) is 3. The van der Waals surface area contributed by atoms with Crippen LogP contribution in [0.5, 0.6) is 0 Å². The first-order valence-corrected chi connectivity index (χ1v) is 8.52. The minimum Gasteiger partial charge on any atom is -0.338 e. The maximum atomic E-state index is 4.80. The molecule has 0 bridgehead atoms. The Labute approximate surface area is 150 Å². The quantitative estimate of drug-likeness (QED) is 0.486. The second-order valence-corrected chi connectivity index (χ2v) is 6.17. The van der Waals surface area contributed by atoms with Gasteiger partial charge >= 0.3 is 0 Å². The molecule has 4 heteroatoms. The molecule has 0 atom stereocenters. The highest BCUT2D eigenvalue weighted by atomic mass is 15.1. The summed E-state index contributed by atoms with van der Waals surface area (Å²) in [4.78, 5) is 9.10. The lowest BCUT2D eigenvalue weighted by molar-refractivity contribution is 1.19. The fourth-order valence-corrected chi connectivity index (χ4v) is 3.24. The molecule has 0 aliphatic heterocycles. The molecule has 3 aromatic carbocycles. The minimum atomic E-state index is 0.798. The zero-order valence-electron chi connectivity index (χ0n) is 14.0. The summed E-state index contributed by atoms with van der Waals surface area (Å²) in [6, 6.07) is 26.8. The van der Waals surface area contributed by atoms with Crippen molar-refractivity contribution in [1.29, 1.82) is 0 Å². The van der Waals surface area contributed by atoms with Crippen molar-refractivity contribution in [3.05, 3.63) is 91.4 Å². The van der Waals surface area contributed by atoms with E-state index in [-0.39, 0.29) is 0 Å². The van der Waals surface area contributed by atoms with E-state index in [0.29, 0.717) is 0 Å². The predicted molar refractivity (Wildman–Crippen MR) is 106 cm³/mol. The number of fused-ring (bicyclic) bond motifs is 3. The van der Waals surface area contributed by atoms with Gasteiger partial charge in [-0.05, 0) is 35.4 Å². The van der Waals surface area contributed by atoms with Crippen molar-refractivity contribution in [3.63, 3.8) is 0 Å². The Kier molecular flexibility index (Phi) is 3.39. The molecule has 0 aliphatic carbocycles. The molecular formula is C22H16N4. The Morgan fingerprint density at radius 2 is 1.54 bits per heavy atom. The molecule has 0 aliphatic rings. The van der Waals surface area contributed by atoms with Crippen molar-refractivity contribution in [2.75, 3.05) is 5.32 Å². The Hall–Kier alpha value is -3.66. The molecule has 124 valence electrons. The summed E-state index contributed by atoms with van der Waals surface area (Å²) in [6.07, 6.45) is 3.66. The van der Waals surface area contributed by atoms with Crippen LogP contribution in [0.25, 0.3) is 27.7 Å². The average Bonchev–Trinajstić information content (AvgIpc) is 3.20. The fourth-order valence-electron chi connectivity index (χ4n) is 3.24. The molecule has 0 amide bonds. The van der Waals surface area contributed by atoms with Crippen molar-refractivity contribution < 1.29 is 0 Å². The van der Waals surface area contributed by atoms with E-state index >= 15 is 0 Å². The van der Waals surface area contributed by atoms with Crippen molar-refractivity contribution in [1.82, 2.24) is 14.4 Å². The number of anilines is 2. The normalized spacial score (nSPS) is 11.1. The predicted octanol–water partition coefficient (Wildman–Crippen LogP) is 5.29. The van der Waals surface area contributed by atoms with E-state index in [1.54, 1.807) is 0 Å². The van der Waals surface area contributed by atoms with Crippen molar-refractivity contribution in [2.24, 2.45) is 0 Å². The van der Waals surface area contributed by atoms with Crippen LogP contribution in [0.4, 0.5) is 11.5 Å². The highest BCUT2D eigenvalue weighted by Gasteiger charge is 2.09. The number of para-hydroxylation sites is 2. The number of rotatable bonds is 3. The number of hydrogen-bond donors (Lipinski definition) is 1. The lowest BCUT2D eigenvalue weighted by Gasteiger charge is -2.11. The molecular weight excluding hydrogens is 320 g/mol. The van der Waals surface area contributed by atoms with Crippen molar-refractivity contribution in [2.45, 2.75) is 0 Å². The summed E-state index contributed by atoms with van der Waals surface area (Å²) in [5.74, 6) is 0.798. The van der Waals surface area contributed by atoms with E-state index < -0.39 is 0 Å². The van der Waals surface area contributed by atoms with Crippen LogP contribution in [0, 0.1) is 0 Å². The van der Waals surface area contributed by atoms with Gasteiger partial charge in [0, 0.05) is 5.69 Å². The van der Waals surface area contributed by atoms with Crippen LogP contribution in [0.2, 0.25) is 0 Å². The van der Waals surface area contributed by atoms with Gasteiger partial charge in [-0.2, -0.15) is 0 Å². The second-order valence-electron chi connectivity index (χ2n) is 6.17. The molecule has 2 heterocycles. The van der Waals surface area contributed by atoms with E-state index in [9.17, 15) is 0 Å². The first kappa shape index (κ1) is 14.7. The molecule has 1 N–H and O–H groups in total. The van der Waals surface area contributed by atoms with Crippen LogP contribution >= 0.6 is 0 Å². The van der Waals surface area contributed by atoms with Crippen LogP contribution < -0.4 is 5.32 Å². The van der Waals surface area contributed by atoms with E-state index in [0.717, 1.165) is 28.1 Å². The Morgan fingerprint density at radius 3 is 2.46 bits per heavy atom. The first-order valence-electron chi connectivity index (χ1n) is 8.52. The van der Waals surface area contributed by atoms with Gasteiger partial charge in [-0.25, -0.2) is 9.97 Å². The van der Waals surface area contributed by atoms with Gasteiger partial charge in [-0.3, -0.25) is 4.40 Å². The molecule has 0 unspecified atom stereocenters. The van der Waals surface area contributed by atoms with Gasteiger partial charge in [0.2, 0.25) is 0 Å². The summed E-state index contributed by atoms with van der Waals surface area (Å²) in [5, 5.41) is 3.46. The van der Waals surface area contributed by atoms with Gasteiger partial charge in [-0.1, -0.05) is 54.6 Å². The second kappa shape index (κ2) is 6.01. The SMILES string of the molecule is c1ccc(-c2cccc(Nc3nc4ccccc4n4cncc34)c2)cc1. The highest BCUT2D eigenvalue weighted by Crippen LogP contribution is 2.27. The molecule has 5 rings (SSSR count). The molecule has 2 aromatic heterocycles. The molecule has 4 nitrogen and oxygen atoms in total. The van der Waals surface area contributed by atoms with E-state index in [1.165, 1.54) is 11.1 Å². The van der Waals surface area contributed by atoms with Gasteiger partial charge < -0.3 is 5.32 Å². The molecule has 0 saturated heterocycles. The summed E-state index contributed by atoms with van der Waals surface area (Å²) >= 11 is 0. The van der Waals surface area contributed by atoms with Gasteiger partial charge in [0.15, 0.2) is 5.82 Å². The molecule has 26 heavy (non-hydrogen) atoms. The van der Waals surface area contributed by atoms with Crippen molar-refractivity contribution >= 4 is 28.1 Å². The standard InChI is InChI=1S/C22H16N4/c1-2-7-16(8-3-1)17-9-6-10-18(13-17)24-22-21-14-23-15-26(21)20-12-5-4-11-19(20)25-22/h1-15H,(H,24,25). The third kappa shape index (κ3) is 2.48. The summed E-state index contributed by atoms with van der Waals surface area (Å²) in [5.41, 5.74) is 6.28. The zero-order valence-corrected chi connectivity index (χ0v) is 14.0. The van der Waals surface area contributed by atoms with Crippen LogP contribution in [0.15, 0.2) is 91.4 Å². The summed E-state index contributed by atoms with van der Waals surface area (Å²) in [6.45, 7) is 0. The van der Waals surface area contributed by atoms with Gasteiger partial charge in [0.25, 0.3) is 0 Å². The van der Waals surface area contributed by atoms with E-state index in [2.05, 4.69) is 69.3 Å². The number of benzene rings is 3. The molecule has 0 spiro atoms.